The van der Waals surface area contributed by atoms with Crippen molar-refractivity contribution in [3.8, 4) is 6.07 Å². The van der Waals surface area contributed by atoms with E-state index < -0.39 is 11.9 Å². The number of carbonyl (C=O) groups is 1. The van der Waals surface area contributed by atoms with E-state index in [0.29, 0.717) is 30.1 Å². The lowest BCUT2D eigenvalue weighted by Gasteiger charge is -2.40. The predicted molar refractivity (Wildman–Crippen MR) is 149 cm³/mol. The monoisotopic (exact) mass is 521 g/mol. The first-order valence-electron chi connectivity index (χ1n) is 13.1. The Kier molecular flexibility index (Phi) is 8.42. The second-order valence-corrected chi connectivity index (χ2v) is 9.39. The minimum absolute atomic E-state index is 0.0723. The molecule has 0 unspecified atom stereocenters. The van der Waals surface area contributed by atoms with Crippen molar-refractivity contribution in [1.82, 2.24) is 14.9 Å². The maximum absolute atomic E-state index is 12.9. The zero-order valence-corrected chi connectivity index (χ0v) is 21.9. The van der Waals surface area contributed by atoms with Crippen LogP contribution in [0.1, 0.15) is 28.8 Å². The number of nitriles is 1. The van der Waals surface area contributed by atoms with Crippen molar-refractivity contribution in [2.75, 3.05) is 51.4 Å². The van der Waals surface area contributed by atoms with Crippen molar-refractivity contribution < 1.29 is 14.3 Å². The molecule has 0 saturated carbocycles. The molecule has 8 nitrogen and oxygen atoms in total. The number of carbonyl (C=O) groups excluding carboxylic acids is 1. The summed E-state index contributed by atoms with van der Waals surface area (Å²) >= 11 is 0. The molecule has 1 aliphatic heterocycles. The van der Waals surface area contributed by atoms with Gasteiger partial charge in [-0.05, 0) is 23.3 Å². The van der Waals surface area contributed by atoms with Crippen LogP contribution in [0.15, 0.2) is 84.9 Å². The number of ether oxygens (including phenoxy) is 2. The molecule has 39 heavy (non-hydrogen) atoms. The summed E-state index contributed by atoms with van der Waals surface area (Å²) in [5.41, 5.74) is 4.16. The topological polar surface area (TPSA) is 91.6 Å². The third kappa shape index (κ3) is 5.90. The average molecular weight is 522 g/mol. The summed E-state index contributed by atoms with van der Waals surface area (Å²) < 4.78 is 10.3. The molecule has 5 rings (SSSR count). The molecule has 1 aliphatic rings. The van der Waals surface area contributed by atoms with Gasteiger partial charge in [0.2, 0.25) is 0 Å². The summed E-state index contributed by atoms with van der Waals surface area (Å²) in [7, 11) is 1.53. The number of esters is 1. The third-order valence-corrected chi connectivity index (χ3v) is 6.96. The van der Waals surface area contributed by atoms with Crippen molar-refractivity contribution in [3.63, 3.8) is 0 Å². The molecule has 0 radical (unpaired) electrons. The van der Waals surface area contributed by atoms with Gasteiger partial charge in [0.15, 0.2) is 11.7 Å². The van der Waals surface area contributed by atoms with Gasteiger partial charge in [0.1, 0.15) is 12.3 Å². The Balaban J connectivity index is 1.43. The van der Waals surface area contributed by atoms with Crippen LogP contribution in [0.5, 0.6) is 0 Å². The van der Waals surface area contributed by atoms with Gasteiger partial charge < -0.3 is 14.4 Å². The van der Waals surface area contributed by atoms with E-state index in [1.54, 1.807) is 0 Å². The number of rotatable bonds is 9. The molecule has 1 aromatic heterocycles. The summed E-state index contributed by atoms with van der Waals surface area (Å²) in [5.74, 6) is -1.28. The molecule has 0 N–H and O–H groups in total. The van der Waals surface area contributed by atoms with Crippen molar-refractivity contribution in [1.29, 1.82) is 5.26 Å². The van der Waals surface area contributed by atoms with Crippen molar-refractivity contribution in [3.05, 3.63) is 102 Å². The number of piperazine rings is 1. The fourth-order valence-electron chi connectivity index (χ4n) is 5.04. The molecule has 0 aliphatic carbocycles. The van der Waals surface area contributed by atoms with Gasteiger partial charge in [-0.3, -0.25) is 9.69 Å². The average Bonchev–Trinajstić information content (AvgIpc) is 2.99. The van der Waals surface area contributed by atoms with Crippen LogP contribution in [-0.4, -0.2) is 67.3 Å². The van der Waals surface area contributed by atoms with Crippen LogP contribution in [0.2, 0.25) is 0 Å². The number of para-hydroxylation sites is 2. The van der Waals surface area contributed by atoms with Crippen LogP contribution < -0.4 is 4.90 Å². The normalized spacial score (nSPS) is 14.7. The number of hydrogen-bond acceptors (Lipinski definition) is 8. The third-order valence-electron chi connectivity index (χ3n) is 6.96. The number of aromatic nitrogens is 2. The fourth-order valence-corrected chi connectivity index (χ4v) is 5.04. The van der Waals surface area contributed by atoms with E-state index in [1.165, 1.54) is 18.2 Å². The summed E-state index contributed by atoms with van der Waals surface area (Å²) in [6.07, 6.45) is 0. The molecule has 4 aromatic rings. The largest absolute Gasteiger partial charge is 0.462 e. The van der Waals surface area contributed by atoms with Gasteiger partial charge in [0.25, 0.3) is 0 Å². The Morgan fingerprint density at radius 1 is 0.846 bits per heavy atom. The Hall–Kier alpha value is -4.32. The van der Waals surface area contributed by atoms with E-state index in [9.17, 15) is 10.1 Å². The molecule has 1 atom stereocenters. The number of anilines is 1. The van der Waals surface area contributed by atoms with E-state index >= 15 is 0 Å². The lowest BCUT2D eigenvalue weighted by atomic mass is 9.96. The number of benzene rings is 3. The van der Waals surface area contributed by atoms with Gasteiger partial charge in [0.05, 0.1) is 29.8 Å². The zero-order chi connectivity index (χ0) is 27.0. The van der Waals surface area contributed by atoms with Crippen LogP contribution >= 0.6 is 0 Å². The van der Waals surface area contributed by atoms with Gasteiger partial charge >= 0.3 is 5.97 Å². The molecule has 1 fully saturated rings. The minimum atomic E-state index is -1.19. The minimum Gasteiger partial charge on any atom is -0.462 e. The Morgan fingerprint density at radius 2 is 1.41 bits per heavy atom. The van der Waals surface area contributed by atoms with Crippen molar-refractivity contribution >= 4 is 22.8 Å². The van der Waals surface area contributed by atoms with Crippen LogP contribution in [0.4, 0.5) is 5.82 Å². The van der Waals surface area contributed by atoms with E-state index in [4.69, 9.17) is 19.4 Å². The Labute approximate surface area is 228 Å². The number of methoxy groups -OCH3 is 1. The molecular weight excluding hydrogens is 490 g/mol. The number of hydrogen-bond donors (Lipinski definition) is 0. The maximum atomic E-state index is 12.9. The van der Waals surface area contributed by atoms with E-state index in [-0.39, 0.29) is 19.3 Å². The number of nitrogens with zero attached hydrogens (tertiary/aromatic N) is 5. The van der Waals surface area contributed by atoms with Gasteiger partial charge in [-0.25, -0.2) is 9.97 Å². The first kappa shape index (κ1) is 26.3. The Morgan fingerprint density at radius 3 is 1.97 bits per heavy atom. The standard InChI is InChI=1S/C31H31N5O3/c1-38-20-21-39-31(37)25(22-32)28-30(34-27-15-9-8-14-26(27)33-28)36-18-16-35(17-19-36)29(23-10-4-2-5-11-23)24-12-6-3-7-13-24/h2-15,25,29H,16-21H2,1H3/t25-/m0/s1. The molecular formula is C31H31N5O3. The first-order valence-corrected chi connectivity index (χ1v) is 13.1. The SMILES string of the molecule is COCCOC(=O)[C@@H](C#N)c1nc2ccccc2nc1N1CCN(C(c2ccccc2)c2ccccc2)CC1. The van der Waals surface area contributed by atoms with Crippen LogP contribution in [0.25, 0.3) is 11.0 Å². The van der Waals surface area contributed by atoms with Crippen LogP contribution in [0.3, 0.4) is 0 Å². The van der Waals surface area contributed by atoms with Gasteiger partial charge in [0, 0.05) is 33.3 Å². The molecule has 1 saturated heterocycles. The summed E-state index contributed by atoms with van der Waals surface area (Å²) in [6.45, 7) is 3.23. The molecule has 3 aromatic carbocycles. The molecule has 0 spiro atoms. The van der Waals surface area contributed by atoms with Crippen LogP contribution in [0, 0.1) is 11.3 Å². The second kappa shape index (κ2) is 12.5. The molecule has 0 bridgehead atoms. The summed E-state index contributed by atoms with van der Waals surface area (Å²) in [5, 5.41) is 9.99. The van der Waals surface area contributed by atoms with Crippen molar-refractivity contribution in [2.45, 2.75) is 12.0 Å². The first-order chi connectivity index (χ1) is 19.2. The summed E-state index contributed by atoms with van der Waals surface area (Å²) in [6, 6.07) is 30.8. The van der Waals surface area contributed by atoms with E-state index in [1.807, 2.05) is 36.4 Å². The quantitative estimate of drug-likeness (QED) is 0.237. The molecule has 2 heterocycles. The highest BCUT2D eigenvalue weighted by molar-refractivity contribution is 5.85. The van der Waals surface area contributed by atoms with Crippen LogP contribution in [-0.2, 0) is 14.3 Å². The highest BCUT2D eigenvalue weighted by Gasteiger charge is 2.33. The van der Waals surface area contributed by atoms with Gasteiger partial charge in [-0.2, -0.15) is 5.26 Å². The predicted octanol–water partition coefficient (Wildman–Crippen LogP) is 4.34. The molecule has 0 amide bonds. The van der Waals surface area contributed by atoms with Crippen molar-refractivity contribution in [2.24, 2.45) is 0 Å². The second-order valence-electron chi connectivity index (χ2n) is 9.39. The lowest BCUT2D eigenvalue weighted by molar-refractivity contribution is -0.145. The maximum Gasteiger partial charge on any atom is 0.329 e. The highest BCUT2D eigenvalue weighted by atomic mass is 16.6. The molecule has 198 valence electrons. The smallest absolute Gasteiger partial charge is 0.329 e. The van der Waals surface area contributed by atoms with E-state index in [2.05, 4.69) is 64.4 Å². The number of fused-ring (bicyclic) bond motifs is 1. The van der Waals surface area contributed by atoms with E-state index in [0.717, 1.165) is 18.6 Å². The van der Waals surface area contributed by atoms with Gasteiger partial charge in [-0.1, -0.05) is 72.8 Å². The Bertz CT molecular complexity index is 1390. The molecule has 8 heteroatoms. The lowest BCUT2D eigenvalue weighted by Crippen LogP contribution is -2.48. The fraction of sp³-hybridized carbons (Fsp3) is 0.290. The summed E-state index contributed by atoms with van der Waals surface area (Å²) in [4.78, 5) is 27.1. The zero-order valence-electron chi connectivity index (χ0n) is 21.9. The highest BCUT2D eigenvalue weighted by Crippen LogP contribution is 2.32. The van der Waals surface area contributed by atoms with Gasteiger partial charge in [-0.15, -0.1) is 0 Å².